The van der Waals surface area contributed by atoms with Crippen LogP contribution in [0, 0.1) is 0 Å². The Balaban J connectivity index is 2.84. The van der Waals surface area contributed by atoms with Crippen LogP contribution < -0.4 is 5.32 Å². The summed E-state index contributed by atoms with van der Waals surface area (Å²) >= 11 is 1.45. The lowest BCUT2D eigenvalue weighted by molar-refractivity contribution is 0.0831. The van der Waals surface area contributed by atoms with Gasteiger partial charge in [0, 0.05) is 6.07 Å². The molecule has 0 bridgehead atoms. The molecule has 1 heterocycles. The Morgan fingerprint density at radius 2 is 1.88 bits per heavy atom. The molecule has 0 unspecified atom stereocenters. The third-order valence-electron chi connectivity index (χ3n) is 2.15. The average Bonchev–Trinajstić information content (AvgIpc) is 2.36. The molecule has 0 saturated heterocycles. The van der Waals surface area contributed by atoms with Gasteiger partial charge in [-0.15, -0.1) is 11.8 Å². The minimum atomic E-state index is -1.16. The zero-order chi connectivity index (χ0) is 12.0. The molecule has 0 radical (unpaired) electrons. The van der Waals surface area contributed by atoms with Crippen LogP contribution in [0.3, 0.4) is 0 Å². The summed E-state index contributed by atoms with van der Waals surface area (Å²) in [6.07, 6.45) is 3.26. The monoisotopic (exact) mass is 245 g/mol. The van der Waals surface area contributed by atoms with E-state index in [0.717, 1.165) is 5.03 Å². The molecule has 1 aromatic heterocycles. The number of aliphatic hydroxyl groups excluding tert-OH is 3. The highest BCUT2D eigenvalue weighted by atomic mass is 32.2. The summed E-state index contributed by atoms with van der Waals surface area (Å²) in [5, 5.41) is 31.0. The molecule has 0 aliphatic carbocycles. The molecule has 7 heteroatoms. The topological polar surface area (TPSA) is 98.5 Å². The molecule has 4 N–H and O–H groups in total. The number of rotatable bonds is 6. The van der Waals surface area contributed by atoms with E-state index in [1.54, 1.807) is 6.07 Å². The van der Waals surface area contributed by atoms with E-state index in [0.29, 0.717) is 5.82 Å². The van der Waals surface area contributed by atoms with E-state index in [1.165, 1.54) is 18.1 Å². The highest BCUT2D eigenvalue weighted by Gasteiger charge is 2.28. The van der Waals surface area contributed by atoms with Crippen LogP contribution in [0.5, 0.6) is 0 Å². The predicted molar refractivity (Wildman–Crippen MR) is 61.4 cm³/mol. The van der Waals surface area contributed by atoms with Crippen molar-refractivity contribution in [2.24, 2.45) is 0 Å². The second-order valence-electron chi connectivity index (χ2n) is 3.33. The second-order valence-corrected chi connectivity index (χ2v) is 4.15. The van der Waals surface area contributed by atoms with Crippen molar-refractivity contribution in [2.75, 3.05) is 31.4 Å². The Labute approximate surface area is 97.8 Å². The van der Waals surface area contributed by atoms with Crippen molar-refractivity contribution in [2.45, 2.75) is 10.6 Å². The number of nitrogens with zero attached hydrogens (tertiary/aromatic N) is 2. The summed E-state index contributed by atoms with van der Waals surface area (Å²) < 4.78 is 0. The van der Waals surface area contributed by atoms with E-state index in [9.17, 15) is 0 Å². The van der Waals surface area contributed by atoms with Gasteiger partial charge in [-0.3, -0.25) is 0 Å². The van der Waals surface area contributed by atoms with Crippen molar-refractivity contribution in [3.05, 3.63) is 12.4 Å². The van der Waals surface area contributed by atoms with E-state index in [1.807, 2.05) is 6.26 Å². The van der Waals surface area contributed by atoms with Gasteiger partial charge < -0.3 is 20.6 Å². The Morgan fingerprint density at radius 3 is 2.38 bits per heavy atom. The lowest BCUT2D eigenvalue weighted by Gasteiger charge is -2.29. The molecule has 0 aliphatic rings. The van der Waals surface area contributed by atoms with Gasteiger partial charge in [-0.05, 0) is 6.26 Å². The van der Waals surface area contributed by atoms with E-state index in [-0.39, 0.29) is 0 Å². The van der Waals surface area contributed by atoms with Crippen LogP contribution in [0.1, 0.15) is 0 Å². The highest BCUT2D eigenvalue weighted by Crippen LogP contribution is 2.17. The fraction of sp³-hybridized carbons (Fsp3) is 0.556. The second kappa shape index (κ2) is 6.00. The number of anilines is 1. The first-order chi connectivity index (χ1) is 7.69. The molecule has 0 fully saturated rings. The van der Waals surface area contributed by atoms with Crippen LogP contribution in [0.2, 0.25) is 0 Å². The summed E-state index contributed by atoms with van der Waals surface area (Å²) in [5.74, 6) is 0.455. The minimum absolute atomic E-state index is 0.390. The normalized spacial score (nSPS) is 11.5. The Bertz CT molecular complexity index is 325. The third-order valence-corrected chi connectivity index (χ3v) is 2.79. The van der Waals surface area contributed by atoms with Gasteiger partial charge in [-0.1, -0.05) is 0 Å². The highest BCUT2D eigenvalue weighted by molar-refractivity contribution is 7.98. The van der Waals surface area contributed by atoms with E-state index in [4.69, 9.17) is 15.3 Å². The first-order valence-electron chi connectivity index (χ1n) is 4.66. The zero-order valence-corrected chi connectivity index (χ0v) is 9.74. The summed E-state index contributed by atoms with van der Waals surface area (Å²) in [5.41, 5.74) is -1.16. The molecule has 1 aromatic rings. The van der Waals surface area contributed by atoms with Gasteiger partial charge in [0.2, 0.25) is 0 Å². The zero-order valence-electron chi connectivity index (χ0n) is 8.92. The van der Waals surface area contributed by atoms with Crippen LogP contribution in [0.4, 0.5) is 5.82 Å². The third kappa shape index (κ3) is 3.05. The molecule has 0 atom stereocenters. The maximum absolute atomic E-state index is 9.13. The summed E-state index contributed by atoms with van der Waals surface area (Å²) in [4.78, 5) is 7.94. The number of aromatic nitrogens is 2. The first kappa shape index (κ1) is 13.2. The number of thioether (sulfide) groups is 1. The molecule has 90 valence electrons. The van der Waals surface area contributed by atoms with E-state index >= 15 is 0 Å². The van der Waals surface area contributed by atoms with Crippen LogP contribution in [0.15, 0.2) is 17.4 Å². The maximum atomic E-state index is 9.13. The van der Waals surface area contributed by atoms with Crippen LogP contribution in [0.25, 0.3) is 0 Å². The minimum Gasteiger partial charge on any atom is -0.394 e. The molecule has 0 aromatic carbocycles. The van der Waals surface area contributed by atoms with Crippen LogP contribution in [-0.4, -0.2) is 56.9 Å². The van der Waals surface area contributed by atoms with Gasteiger partial charge in [0.05, 0.1) is 19.8 Å². The molecule has 0 saturated carbocycles. The Morgan fingerprint density at radius 1 is 1.25 bits per heavy atom. The molecular formula is C9H15N3O3S. The molecule has 1 rings (SSSR count). The van der Waals surface area contributed by atoms with Crippen molar-refractivity contribution in [3.63, 3.8) is 0 Å². The van der Waals surface area contributed by atoms with Crippen molar-refractivity contribution in [1.29, 1.82) is 0 Å². The van der Waals surface area contributed by atoms with Crippen LogP contribution in [-0.2, 0) is 0 Å². The van der Waals surface area contributed by atoms with Gasteiger partial charge >= 0.3 is 0 Å². The fourth-order valence-electron chi connectivity index (χ4n) is 1.06. The van der Waals surface area contributed by atoms with Gasteiger partial charge in [0.1, 0.15) is 22.7 Å². The standard InChI is InChI=1S/C9H15N3O3S/c1-16-8-2-7(10-6-11-8)12-9(3-13,4-14)5-15/h2,6,13-15H,3-5H2,1H3,(H,10,11,12). The lowest BCUT2D eigenvalue weighted by atomic mass is 10.0. The first-order valence-corrected chi connectivity index (χ1v) is 5.89. The van der Waals surface area contributed by atoms with Gasteiger partial charge in [-0.25, -0.2) is 9.97 Å². The smallest absolute Gasteiger partial charge is 0.131 e. The van der Waals surface area contributed by atoms with Crippen molar-refractivity contribution in [3.8, 4) is 0 Å². The van der Waals surface area contributed by atoms with Crippen molar-refractivity contribution in [1.82, 2.24) is 9.97 Å². The number of aliphatic hydroxyl groups is 3. The summed E-state index contributed by atoms with van der Waals surface area (Å²) in [6, 6.07) is 1.68. The summed E-state index contributed by atoms with van der Waals surface area (Å²) in [6.45, 7) is -1.17. The molecule has 6 nitrogen and oxygen atoms in total. The maximum Gasteiger partial charge on any atom is 0.131 e. The van der Waals surface area contributed by atoms with Gasteiger partial charge in [0.15, 0.2) is 0 Å². The van der Waals surface area contributed by atoms with Crippen LogP contribution >= 0.6 is 11.8 Å². The fourth-order valence-corrected chi connectivity index (χ4v) is 1.44. The van der Waals surface area contributed by atoms with Crippen molar-refractivity contribution >= 4 is 17.6 Å². The number of hydrogen-bond donors (Lipinski definition) is 4. The number of hydrogen-bond acceptors (Lipinski definition) is 7. The molecular weight excluding hydrogens is 230 g/mol. The Kier molecular flexibility index (Phi) is 4.94. The lowest BCUT2D eigenvalue weighted by Crippen LogP contribution is -2.49. The molecule has 0 aliphatic heterocycles. The molecule has 0 spiro atoms. The summed E-state index contributed by atoms with van der Waals surface area (Å²) in [7, 11) is 0. The largest absolute Gasteiger partial charge is 0.394 e. The van der Waals surface area contributed by atoms with Crippen molar-refractivity contribution < 1.29 is 15.3 Å². The van der Waals surface area contributed by atoms with Gasteiger partial charge in [-0.2, -0.15) is 0 Å². The SMILES string of the molecule is CSc1cc(NC(CO)(CO)CO)ncn1. The molecule has 0 amide bonds. The molecule has 16 heavy (non-hydrogen) atoms. The van der Waals surface area contributed by atoms with E-state index < -0.39 is 25.4 Å². The predicted octanol–water partition coefficient (Wildman–Crippen LogP) is -0.674. The number of nitrogens with one attached hydrogen (secondary N) is 1. The average molecular weight is 245 g/mol. The van der Waals surface area contributed by atoms with E-state index in [2.05, 4.69) is 15.3 Å². The van der Waals surface area contributed by atoms with Gasteiger partial charge in [0.25, 0.3) is 0 Å². The Hall–Kier alpha value is -0.890. The quantitative estimate of drug-likeness (QED) is 0.389.